The molecule has 3 heteroatoms. The van der Waals surface area contributed by atoms with Crippen LogP contribution in [-0.4, -0.2) is 6.54 Å². The molecule has 1 aromatic carbocycles. The van der Waals surface area contributed by atoms with Crippen molar-refractivity contribution >= 4 is 11.3 Å². The molecule has 0 aliphatic rings. The van der Waals surface area contributed by atoms with Gasteiger partial charge in [-0.05, 0) is 46.6 Å². The Bertz CT molecular complexity index is 422. The first-order chi connectivity index (χ1) is 8.38. The summed E-state index contributed by atoms with van der Waals surface area (Å²) in [7, 11) is 0. The van der Waals surface area contributed by atoms with Crippen LogP contribution in [0.1, 0.15) is 18.1 Å². The maximum Gasteiger partial charge on any atom is 0.119 e. The van der Waals surface area contributed by atoms with E-state index in [-0.39, 0.29) is 0 Å². The molecule has 0 bridgehead atoms. The number of nitrogens with one attached hydrogen (secondary N) is 1. The highest BCUT2D eigenvalue weighted by Crippen LogP contribution is 2.15. The van der Waals surface area contributed by atoms with Crippen LogP contribution in [0.4, 0.5) is 0 Å². The monoisotopic (exact) mass is 247 g/mol. The Morgan fingerprint density at radius 2 is 1.94 bits per heavy atom. The third-order valence-electron chi connectivity index (χ3n) is 2.49. The van der Waals surface area contributed by atoms with E-state index < -0.39 is 0 Å². The predicted octanol–water partition coefficient (Wildman–Crippen LogP) is 3.44. The summed E-state index contributed by atoms with van der Waals surface area (Å²) in [5, 5.41) is 7.48. The van der Waals surface area contributed by atoms with Gasteiger partial charge in [0.2, 0.25) is 0 Å². The number of benzene rings is 1. The summed E-state index contributed by atoms with van der Waals surface area (Å²) in [4.78, 5) is 0. The van der Waals surface area contributed by atoms with Crippen LogP contribution in [0.3, 0.4) is 0 Å². The van der Waals surface area contributed by atoms with Gasteiger partial charge in [0.1, 0.15) is 12.4 Å². The normalized spacial score (nSPS) is 10.4. The fourth-order valence-corrected chi connectivity index (χ4v) is 2.17. The molecule has 0 atom stereocenters. The number of rotatable bonds is 6. The van der Waals surface area contributed by atoms with Gasteiger partial charge in [0, 0.05) is 6.54 Å². The molecule has 0 aliphatic heterocycles. The van der Waals surface area contributed by atoms with E-state index in [0.29, 0.717) is 6.61 Å². The van der Waals surface area contributed by atoms with E-state index in [1.165, 1.54) is 11.1 Å². The Morgan fingerprint density at radius 3 is 2.59 bits per heavy atom. The highest BCUT2D eigenvalue weighted by atomic mass is 32.1. The molecule has 0 fully saturated rings. The van der Waals surface area contributed by atoms with Crippen molar-refractivity contribution in [1.29, 1.82) is 0 Å². The minimum absolute atomic E-state index is 0.649. The number of hydrogen-bond acceptors (Lipinski definition) is 3. The summed E-state index contributed by atoms with van der Waals surface area (Å²) in [5.41, 5.74) is 2.52. The second-order valence-corrected chi connectivity index (χ2v) is 4.62. The molecular weight excluding hydrogens is 230 g/mol. The minimum atomic E-state index is 0.649. The maximum atomic E-state index is 5.70. The van der Waals surface area contributed by atoms with Crippen molar-refractivity contribution in [2.24, 2.45) is 0 Å². The van der Waals surface area contributed by atoms with Gasteiger partial charge < -0.3 is 10.1 Å². The summed E-state index contributed by atoms with van der Waals surface area (Å²) >= 11 is 1.70. The standard InChI is InChI=1S/C14H17NOS/c1-2-15-9-12-3-5-14(6-4-12)16-10-13-7-8-17-11-13/h3-8,11,15H,2,9-10H2,1H3. The first kappa shape index (κ1) is 12.1. The molecule has 0 saturated heterocycles. The van der Waals surface area contributed by atoms with Gasteiger partial charge in [0.05, 0.1) is 0 Å². The largest absolute Gasteiger partial charge is 0.489 e. The molecule has 0 aliphatic carbocycles. The average Bonchev–Trinajstić information content (AvgIpc) is 2.88. The number of ether oxygens (including phenoxy) is 1. The second kappa shape index (κ2) is 6.42. The van der Waals surface area contributed by atoms with Gasteiger partial charge >= 0.3 is 0 Å². The molecule has 0 saturated carbocycles. The first-order valence-electron chi connectivity index (χ1n) is 5.82. The molecule has 2 nitrogen and oxygen atoms in total. The van der Waals surface area contributed by atoms with Crippen molar-refractivity contribution in [3.8, 4) is 5.75 Å². The van der Waals surface area contributed by atoms with Crippen LogP contribution >= 0.6 is 11.3 Å². The average molecular weight is 247 g/mol. The lowest BCUT2D eigenvalue weighted by Gasteiger charge is -2.06. The highest BCUT2D eigenvalue weighted by molar-refractivity contribution is 7.07. The van der Waals surface area contributed by atoms with E-state index in [0.717, 1.165) is 18.8 Å². The van der Waals surface area contributed by atoms with Crippen molar-refractivity contribution in [3.63, 3.8) is 0 Å². The van der Waals surface area contributed by atoms with E-state index in [1.54, 1.807) is 11.3 Å². The van der Waals surface area contributed by atoms with E-state index >= 15 is 0 Å². The smallest absolute Gasteiger partial charge is 0.119 e. The summed E-state index contributed by atoms with van der Waals surface area (Å²) in [6, 6.07) is 10.3. The Morgan fingerprint density at radius 1 is 1.12 bits per heavy atom. The first-order valence-corrected chi connectivity index (χ1v) is 6.76. The Hall–Kier alpha value is -1.32. The summed E-state index contributed by atoms with van der Waals surface area (Å²) in [5.74, 6) is 0.927. The zero-order valence-corrected chi connectivity index (χ0v) is 10.8. The summed E-state index contributed by atoms with van der Waals surface area (Å²) in [6.07, 6.45) is 0. The zero-order chi connectivity index (χ0) is 11.9. The molecule has 1 N–H and O–H groups in total. The van der Waals surface area contributed by atoms with Crippen LogP contribution in [0.25, 0.3) is 0 Å². The van der Waals surface area contributed by atoms with Crippen LogP contribution < -0.4 is 10.1 Å². The van der Waals surface area contributed by atoms with Gasteiger partial charge in [-0.3, -0.25) is 0 Å². The number of hydrogen-bond donors (Lipinski definition) is 1. The van der Waals surface area contributed by atoms with Crippen LogP contribution in [-0.2, 0) is 13.2 Å². The molecule has 0 spiro atoms. The molecule has 90 valence electrons. The molecule has 1 heterocycles. The Kier molecular flexibility index (Phi) is 4.59. The maximum absolute atomic E-state index is 5.70. The second-order valence-electron chi connectivity index (χ2n) is 3.84. The molecular formula is C14H17NOS. The van der Waals surface area contributed by atoms with E-state index in [9.17, 15) is 0 Å². The molecule has 2 rings (SSSR count). The molecule has 0 amide bonds. The minimum Gasteiger partial charge on any atom is -0.489 e. The lowest BCUT2D eigenvalue weighted by Crippen LogP contribution is -2.11. The van der Waals surface area contributed by atoms with Crippen molar-refractivity contribution < 1.29 is 4.74 Å². The Balaban J connectivity index is 1.85. The van der Waals surface area contributed by atoms with Gasteiger partial charge in [0.25, 0.3) is 0 Å². The van der Waals surface area contributed by atoms with Crippen molar-refractivity contribution in [2.75, 3.05) is 6.54 Å². The lowest BCUT2D eigenvalue weighted by molar-refractivity contribution is 0.306. The molecule has 2 aromatic rings. The van der Waals surface area contributed by atoms with Gasteiger partial charge in [0.15, 0.2) is 0 Å². The quantitative estimate of drug-likeness (QED) is 0.844. The molecule has 0 radical (unpaired) electrons. The van der Waals surface area contributed by atoms with E-state index in [4.69, 9.17) is 4.74 Å². The fourth-order valence-electron chi connectivity index (χ4n) is 1.51. The van der Waals surface area contributed by atoms with Crippen LogP contribution in [0.5, 0.6) is 5.75 Å². The number of thiophene rings is 1. The van der Waals surface area contributed by atoms with E-state index in [2.05, 4.69) is 41.2 Å². The van der Waals surface area contributed by atoms with Crippen LogP contribution in [0.15, 0.2) is 41.1 Å². The van der Waals surface area contributed by atoms with Crippen molar-refractivity contribution in [2.45, 2.75) is 20.1 Å². The van der Waals surface area contributed by atoms with Crippen LogP contribution in [0.2, 0.25) is 0 Å². The van der Waals surface area contributed by atoms with Gasteiger partial charge in [-0.25, -0.2) is 0 Å². The Labute approximate surface area is 106 Å². The molecule has 1 aromatic heterocycles. The van der Waals surface area contributed by atoms with E-state index in [1.807, 2.05) is 12.1 Å². The molecule has 17 heavy (non-hydrogen) atoms. The zero-order valence-electron chi connectivity index (χ0n) is 9.98. The van der Waals surface area contributed by atoms with Crippen molar-refractivity contribution in [1.82, 2.24) is 5.32 Å². The van der Waals surface area contributed by atoms with Crippen molar-refractivity contribution in [3.05, 3.63) is 52.2 Å². The molecule has 0 unspecified atom stereocenters. The highest BCUT2D eigenvalue weighted by Gasteiger charge is 1.97. The summed E-state index contributed by atoms with van der Waals surface area (Å²) in [6.45, 7) is 4.67. The lowest BCUT2D eigenvalue weighted by atomic mass is 10.2. The van der Waals surface area contributed by atoms with Gasteiger partial charge in [-0.1, -0.05) is 19.1 Å². The fraction of sp³-hybridized carbons (Fsp3) is 0.286. The summed E-state index contributed by atoms with van der Waals surface area (Å²) < 4.78 is 5.70. The third-order valence-corrected chi connectivity index (χ3v) is 3.22. The predicted molar refractivity (Wildman–Crippen MR) is 72.5 cm³/mol. The van der Waals surface area contributed by atoms with Gasteiger partial charge in [-0.2, -0.15) is 11.3 Å². The van der Waals surface area contributed by atoms with Gasteiger partial charge in [-0.15, -0.1) is 0 Å². The van der Waals surface area contributed by atoms with Crippen LogP contribution in [0, 0.1) is 0 Å². The third kappa shape index (κ3) is 3.88. The topological polar surface area (TPSA) is 21.3 Å². The SMILES string of the molecule is CCNCc1ccc(OCc2ccsc2)cc1.